The van der Waals surface area contributed by atoms with Gasteiger partial charge in [-0.2, -0.15) is 4.98 Å². The van der Waals surface area contributed by atoms with Crippen LogP contribution in [0.1, 0.15) is 17.0 Å². The van der Waals surface area contributed by atoms with Gasteiger partial charge in [0.05, 0.1) is 0 Å². The van der Waals surface area contributed by atoms with Gasteiger partial charge in [0, 0.05) is 6.54 Å². The average Bonchev–Trinajstić information content (AvgIpc) is 2.68. The average molecular weight is 235 g/mol. The van der Waals surface area contributed by atoms with Crippen LogP contribution in [0.25, 0.3) is 0 Å². The molecule has 0 fully saturated rings. The topological polar surface area (TPSA) is 51.0 Å². The molecule has 0 atom stereocenters. The highest BCUT2D eigenvalue weighted by atomic mass is 19.1. The lowest BCUT2D eigenvalue weighted by Crippen LogP contribution is -2.06. The van der Waals surface area contributed by atoms with Crippen molar-refractivity contribution in [3.8, 4) is 0 Å². The first-order chi connectivity index (χ1) is 8.15. The van der Waals surface area contributed by atoms with Crippen molar-refractivity contribution in [1.82, 2.24) is 10.1 Å². The first-order valence-corrected chi connectivity index (χ1v) is 5.44. The Hall–Kier alpha value is -1.91. The van der Waals surface area contributed by atoms with Crippen LogP contribution in [0.5, 0.6) is 0 Å². The van der Waals surface area contributed by atoms with Crippen LogP contribution in [0.3, 0.4) is 0 Å². The summed E-state index contributed by atoms with van der Waals surface area (Å²) in [5.74, 6) is 0.400. The number of nitrogens with zero attached hydrogens (tertiary/aromatic N) is 2. The van der Waals surface area contributed by atoms with Crippen molar-refractivity contribution in [3.05, 3.63) is 41.0 Å². The van der Waals surface area contributed by atoms with Gasteiger partial charge in [-0.1, -0.05) is 11.2 Å². The van der Waals surface area contributed by atoms with Gasteiger partial charge < -0.3 is 9.84 Å². The highest BCUT2D eigenvalue weighted by Crippen LogP contribution is 2.11. The van der Waals surface area contributed by atoms with Gasteiger partial charge in [0.1, 0.15) is 5.82 Å². The molecule has 0 amide bonds. The Morgan fingerprint density at radius 2 is 2.18 bits per heavy atom. The van der Waals surface area contributed by atoms with Gasteiger partial charge in [0.15, 0.2) is 5.82 Å². The molecule has 1 N–H and O–H groups in total. The van der Waals surface area contributed by atoms with Crippen LogP contribution < -0.4 is 5.32 Å². The van der Waals surface area contributed by atoms with Crippen molar-refractivity contribution < 1.29 is 8.91 Å². The third-order valence-corrected chi connectivity index (χ3v) is 2.50. The zero-order valence-electron chi connectivity index (χ0n) is 9.83. The van der Waals surface area contributed by atoms with E-state index in [-0.39, 0.29) is 5.82 Å². The number of nitrogens with one attached hydrogen (secondary N) is 1. The summed E-state index contributed by atoms with van der Waals surface area (Å²) in [5, 5.41) is 6.69. The van der Waals surface area contributed by atoms with Gasteiger partial charge in [-0.05, 0) is 43.5 Å². The van der Waals surface area contributed by atoms with E-state index in [1.165, 1.54) is 12.1 Å². The van der Waals surface area contributed by atoms with Gasteiger partial charge in [-0.3, -0.25) is 0 Å². The maximum absolute atomic E-state index is 12.9. The molecule has 0 saturated heterocycles. The number of benzene rings is 1. The normalized spacial score (nSPS) is 10.5. The zero-order valence-corrected chi connectivity index (χ0v) is 9.83. The van der Waals surface area contributed by atoms with E-state index < -0.39 is 0 Å². The van der Waals surface area contributed by atoms with E-state index in [2.05, 4.69) is 15.5 Å². The summed E-state index contributed by atoms with van der Waals surface area (Å²) in [6, 6.07) is 5.22. The Labute approximate surface area is 98.8 Å². The maximum atomic E-state index is 12.9. The van der Waals surface area contributed by atoms with Crippen LogP contribution in [-0.2, 0) is 6.42 Å². The second kappa shape index (κ2) is 4.95. The Morgan fingerprint density at radius 3 is 2.82 bits per heavy atom. The molecule has 1 heterocycles. The molecule has 1 aromatic heterocycles. The smallest absolute Gasteiger partial charge is 0.321 e. The van der Waals surface area contributed by atoms with Gasteiger partial charge in [-0.25, -0.2) is 4.39 Å². The molecule has 2 aromatic rings. The van der Waals surface area contributed by atoms with Crippen molar-refractivity contribution in [2.24, 2.45) is 0 Å². The third kappa shape index (κ3) is 3.03. The lowest BCUT2D eigenvalue weighted by Gasteiger charge is -2.05. The summed E-state index contributed by atoms with van der Waals surface area (Å²) in [6.45, 7) is 4.34. The standard InChI is InChI=1S/C12H14FN3O/c1-8-7-11(13)4-3-10(8)5-6-14-12-15-9(2)16-17-12/h3-4,7H,5-6H2,1-2H3,(H,14,15,16). The summed E-state index contributed by atoms with van der Waals surface area (Å²) in [7, 11) is 0. The predicted octanol–water partition coefficient (Wildman–Crippen LogP) is 2.48. The van der Waals surface area contributed by atoms with Crippen molar-refractivity contribution >= 4 is 6.01 Å². The fourth-order valence-electron chi connectivity index (χ4n) is 1.61. The predicted molar refractivity (Wildman–Crippen MR) is 62.4 cm³/mol. The van der Waals surface area contributed by atoms with Gasteiger partial charge in [0.2, 0.25) is 0 Å². The number of hydrogen-bond donors (Lipinski definition) is 1. The van der Waals surface area contributed by atoms with Crippen molar-refractivity contribution in [2.75, 3.05) is 11.9 Å². The Balaban J connectivity index is 1.90. The molecule has 17 heavy (non-hydrogen) atoms. The summed E-state index contributed by atoms with van der Waals surface area (Å²) >= 11 is 0. The van der Waals surface area contributed by atoms with Gasteiger partial charge in [-0.15, -0.1) is 0 Å². The van der Waals surface area contributed by atoms with Crippen molar-refractivity contribution in [1.29, 1.82) is 0 Å². The highest BCUT2D eigenvalue weighted by molar-refractivity contribution is 5.28. The number of hydrogen-bond acceptors (Lipinski definition) is 4. The highest BCUT2D eigenvalue weighted by Gasteiger charge is 2.03. The van der Waals surface area contributed by atoms with E-state index in [0.717, 1.165) is 17.5 Å². The number of aryl methyl sites for hydroxylation is 2. The molecule has 0 bridgehead atoms. The number of halogens is 1. The minimum atomic E-state index is -0.202. The largest absolute Gasteiger partial charge is 0.337 e. The molecule has 1 aromatic carbocycles. The molecule has 4 nitrogen and oxygen atoms in total. The number of aromatic nitrogens is 2. The minimum absolute atomic E-state index is 0.202. The van der Waals surface area contributed by atoms with E-state index in [9.17, 15) is 4.39 Å². The SMILES string of the molecule is Cc1noc(NCCc2ccc(F)cc2C)n1. The number of anilines is 1. The van der Waals surface area contributed by atoms with Gasteiger partial charge >= 0.3 is 6.01 Å². The molecule has 0 saturated carbocycles. The lowest BCUT2D eigenvalue weighted by atomic mass is 10.1. The van der Waals surface area contributed by atoms with E-state index in [4.69, 9.17) is 4.52 Å². The van der Waals surface area contributed by atoms with E-state index >= 15 is 0 Å². The molecule has 5 heteroatoms. The first kappa shape index (κ1) is 11.6. The van der Waals surface area contributed by atoms with E-state index in [1.807, 2.05) is 6.92 Å². The summed E-state index contributed by atoms with van der Waals surface area (Å²) in [6.07, 6.45) is 0.785. The fraction of sp³-hybridized carbons (Fsp3) is 0.333. The fourth-order valence-corrected chi connectivity index (χ4v) is 1.61. The lowest BCUT2D eigenvalue weighted by molar-refractivity contribution is 0.425. The Bertz CT molecular complexity index is 510. The second-order valence-corrected chi connectivity index (χ2v) is 3.89. The number of rotatable bonds is 4. The van der Waals surface area contributed by atoms with Crippen LogP contribution in [0.2, 0.25) is 0 Å². The molecule has 0 aliphatic heterocycles. The molecule has 0 unspecified atom stereocenters. The van der Waals surface area contributed by atoms with Crippen LogP contribution in [0.15, 0.2) is 22.7 Å². The molecule has 0 aliphatic carbocycles. The maximum Gasteiger partial charge on any atom is 0.321 e. The van der Waals surface area contributed by atoms with Crippen LogP contribution >= 0.6 is 0 Å². The summed E-state index contributed by atoms with van der Waals surface area (Å²) in [5.41, 5.74) is 2.06. The molecule has 0 aliphatic rings. The third-order valence-electron chi connectivity index (χ3n) is 2.50. The Morgan fingerprint density at radius 1 is 1.35 bits per heavy atom. The van der Waals surface area contributed by atoms with Crippen LogP contribution in [0, 0.1) is 19.7 Å². The van der Waals surface area contributed by atoms with E-state index in [1.54, 1.807) is 13.0 Å². The molecular formula is C12H14FN3O. The van der Waals surface area contributed by atoms with Crippen molar-refractivity contribution in [3.63, 3.8) is 0 Å². The summed E-state index contributed by atoms with van der Waals surface area (Å²) in [4.78, 5) is 4.03. The molecule has 0 radical (unpaired) electrons. The van der Waals surface area contributed by atoms with Gasteiger partial charge in [0.25, 0.3) is 0 Å². The Kier molecular flexibility index (Phi) is 3.37. The second-order valence-electron chi connectivity index (χ2n) is 3.89. The zero-order chi connectivity index (χ0) is 12.3. The molecular weight excluding hydrogens is 221 g/mol. The van der Waals surface area contributed by atoms with E-state index in [0.29, 0.717) is 18.4 Å². The van der Waals surface area contributed by atoms with Crippen molar-refractivity contribution in [2.45, 2.75) is 20.3 Å². The molecule has 0 spiro atoms. The first-order valence-electron chi connectivity index (χ1n) is 5.44. The quantitative estimate of drug-likeness (QED) is 0.884. The minimum Gasteiger partial charge on any atom is -0.337 e. The monoisotopic (exact) mass is 235 g/mol. The molecule has 90 valence electrons. The molecule has 2 rings (SSSR count). The van der Waals surface area contributed by atoms with Crippen LogP contribution in [0.4, 0.5) is 10.4 Å². The van der Waals surface area contributed by atoms with Crippen LogP contribution in [-0.4, -0.2) is 16.7 Å². The summed E-state index contributed by atoms with van der Waals surface area (Å²) < 4.78 is 17.8.